The zero-order valence-corrected chi connectivity index (χ0v) is 14.9. The Morgan fingerprint density at radius 3 is 2.88 bits per heavy atom. The third kappa shape index (κ3) is 3.16. The zero-order valence-electron chi connectivity index (χ0n) is 13.4. The Labute approximate surface area is 159 Å². The molecule has 26 heavy (non-hydrogen) atoms. The van der Waals surface area contributed by atoms with Gasteiger partial charge in [-0.25, -0.2) is 9.67 Å². The first kappa shape index (κ1) is 16.6. The van der Waals surface area contributed by atoms with Gasteiger partial charge in [0.15, 0.2) is 0 Å². The molecule has 8 heteroatoms. The number of anilines is 1. The highest BCUT2D eigenvalue weighted by Crippen LogP contribution is 2.26. The summed E-state index contributed by atoms with van der Waals surface area (Å²) < 4.78 is 3.45. The summed E-state index contributed by atoms with van der Waals surface area (Å²) in [5, 5.41) is 8.09. The molecule has 0 atom stereocenters. The summed E-state index contributed by atoms with van der Waals surface area (Å²) >= 11 is 12.3. The first-order valence-corrected chi connectivity index (χ1v) is 8.56. The molecule has 4 rings (SSSR count). The van der Waals surface area contributed by atoms with Crippen molar-refractivity contribution >= 4 is 40.6 Å². The highest BCUT2D eigenvalue weighted by molar-refractivity contribution is 6.42. The Morgan fingerprint density at radius 2 is 2.00 bits per heavy atom. The number of hydrogen-bond donors (Lipinski definition) is 1. The highest BCUT2D eigenvalue weighted by atomic mass is 35.5. The minimum atomic E-state index is -0.237. The van der Waals surface area contributed by atoms with Gasteiger partial charge in [-0.2, -0.15) is 5.10 Å². The Morgan fingerprint density at radius 1 is 1.12 bits per heavy atom. The maximum Gasteiger partial charge on any atom is 0.258 e. The third-order valence-electron chi connectivity index (χ3n) is 3.96. The summed E-state index contributed by atoms with van der Waals surface area (Å²) in [6.45, 7) is 0.391. The molecule has 3 aromatic heterocycles. The number of rotatable bonds is 4. The smallest absolute Gasteiger partial charge is 0.258 e. The molecule has 0 unspecified atom stereocenters. The maximum absolute atomic E-state index is 12.6. The van der Waals surface area contributed by atoms with Crippen LogP contribution < -0.4 is 5.32 Å². The lowest BCUT2D eigenvalue weighted by Crippen LogP contribution is -2.16. The summed E-state index contributed by atoms with van der Waals surface area (Å²) in [6.07, 6.45) is 6.82. The molecule has 0 aliphatic rings. The van der Waals surface area contributed by atoms with Crippen LogP contribution in [0.3, 0.4) is 0 Å². The summed E-state index contributed by atoms with van der Waals surface area (Å²) in [4.78, 5) is 16.7. The van der Waals surface area contributed by atoms with Crippen molar-refractivity contribution in [2.45, 2.75) is 6.54 Å². The molecule has 3 heterocycles. The van der Waals surface area contributed by atoms with Crippen molar-refractivity contribution in [3.05, 3.63) is 82.4 Å². The molecular weight excluding hydrogens is 373 g/mol. The van der Waals surface area contributed by atoms with Gasteiger partial charge in [0.25, 0.3) is 5.91 Å². The van der Waals surface area contributed by atoms with Gasteiger partial charge in [-0.3, -0.25) is 4.79 Å². The number of carbonyl (C=O) groups excluding carboxylic acids is 1. The normalized spacial score (nSPS) is 11.0. The minimum absolute atomic E-state index is 0.237. The lowest BCUT2D eigenvalue weighted by molar-refractivity contribution is 0.102. The van der Waals surface area contributed by atoms with E-state index in [0.29, 0.717) is 28.0 Å². The first-order valence-electron chi connectivity index (χ1n) is 7.80. The van der Waals surface area contributed by atoms with Gasteiger partial charge in [-0.05, 0) is 23.8 Å². The number of hydrogen-bond acceptors (Lipinski definition) is 3. The Kier molecular flexibility index (Phi) is 4.36. The fraction of sp³-hybridized carbons (Fsp3) is 0.0556. The van der Waals surface area contributed by atoms with E-state index in [4.69, 9.17) is 23.2 Å². The molecule has 6 nitrogen and oxygen atoms in total. The SMILES string of the molecule is O=C(Nc1ccnn1Cc1cccc(Cl)c1Cl)c1ccc2nccn2c1. The summed E-state index contributed by atoms with van der Waals surface area (Å²) in [7, 11) is 0. The predicted octanol–water partition coefficient (Wildman–Crippen LogP) is 4.14. The molecule has 0 aliphatic heterocycles. The molecule has 0 radical (unpaired) electrons. The molecule has 0 saturated carbocycles. The van der Waals surface area contributed by atoms with Crippen molar-refractivity contribution in [2.24, 2.45) is 0 Å². The number of nitrogens with zero attached hydrogens (tertiary/aromatic N) is 4. The van der Waals surface area contributed by atoms with Gasteiger partial charge in [-0.15, -0.1) is 0 Å². The van der Waals surface area contributed by atoms with Gasteiger partial charge in [0.2, 0.25) is 0 Å². The lowest BCUT2D eigenvalue weighted by Gasteiger charge is -2.11. The molecule has 1 aromatic carbocycles. The van der Waals surface area contributed by atoms with E-state index in [2.05, 4.69) is 15.4 Å². The van der Waals surface area contributed by atoms with Gasteiger partial charge in [0.05, 0.1) is 28.4 Å². The molecule has 0 fully saturated rings. The van der Waals surface area contributed by atoms with Crippen molar-refractivity contribution in [1.29, 1.82) is 0 Å². The Bertz CT molecular complexity index is 1100. The number of aromatic nitrogens is 4. The largest absolute Gasteiger partial charge is 0.307 e. The summed E-state index contributed by atoms with van der Waals surface area (Å²) in [6, 6.07) is 10.7. The number of fused-ring (bicyclic) bond motifs is 1. The molecule has 0 spiro atoms. The van der Waals surface area contributed by atoms with Gasteiger partial charge in [0.1, 0.15) is 11.5 Å². The third-order valence-corrected chi connectivity index (χ3v) is 4.82. The minimum Gasteiger partial charge on any atom is -0.307 e. The Balaban J connectivity index is 1.56. The molecule has 1 amide bonds. The van der Waals surface area contributed by atoms with Crippen LogP contribution in [-0.2, 0) is 6.54 Å². The van der Waals surface area contributed by atoms with Crippen LogP contribution in [0.15, 0.2) is 61.2 Å². The van der Waals surface area contributed by atoms with Crippen LogP contribution >= 0.6 is 23.2 Å². The van der Waals surface area contributed by atoms with E-state index < -0.39 is 0 Å². The summed E-state index contributed by atoms with van der Waals surface area (Å²) in [5.41, 5.74) is 2.12. The maximum atomic E-state index is 12.6. The van der Waals surface area contributed by atoms with Crippen LogP contribution in [0.2, 0.25) is 10.0 Å². The average Bonchev–Trinajstić information content (AvgIpc) is 3.27. The average molecular weight is 386 g/mol. The zero-order chi connectivity index (χ0) is 18.1. The number of halogens is 2. The highest BCUT2D eigenvalue weighted by Gasteiger charge is 2.12. The van der Waals surface area contributed by atoms with E-state index in [1.807, 2.05) is 12.1 Å². The number of benzene rings is 1. The van der Waals surface area contributed by atoms with Gasteiger partial charge in [-0.1, -0.05) is 35.3 Å². The number of carbonyl (C=O) groups is 1. The number of amides is 1. The van der Waals surface area contributed by atoms with Crippen molar-refractivity contribution in [1.82, 2.24) is 19.2 Å². The quantitative estimate of drug-likeness (QED) is 0.574. The van der Waals surface area contributed by atoms with Gasteiger partial charge >= 0.3 is 0 Å². The van der Waals surface area contributed by atoms with Crippen LogP contribution in [0.4, 0.5) is 5.82 Å². The molecule has 130 valence electrons. The second kappa shape index (κ2) is 6.82. The van der Waals surface area contributed by atoms with Crippen LogP contribution in [0.25, 0.3) is 5.65 Å². The second-order valence-corrected chi connectivity index (χ2v) is 6.44. The van der Waals surface area contributed by atoms with Crippen molar-refractivity contribution in [3.8, 4) is 0 Å². The Hall–Kier alpha value is -2.83. The monoisotopic (exact) mass is 385 g/mol. The standard InChI is InChI=1S/C18H13Cl2N5O/c19-14-3-1-2-12(17(14)20)11-25-16(6-7-22-25)23-18(26)13-4-5-15-21-8-9-24(15)10-13/h1-10H,11H2,(H,23,26). The number of imidazole rings is 1. The van der Waals surface area contributed by atoms with E-state index in [9.17, 15) is 4.79 Å². The van der Waals surface area contributed by atoms with Crippen molar-refractivity contribution in [3.63, 3.8) is 0 Å². The van der Waals surface area contributed by atoms with Crippen LogP contribution in [-0.4, -0.2) is 25.1 Å². The fourth-order valence-corrected chi connectivity index (χ4v) is 3.02. The predicted molar refractivity (Wildman–Crippen MR) is 101 cm³/mol. The van der Waals surface area contributed by atoms with Crippen LogP contribution in [0, 0.1) is 0 Å². The molecule has 0 saturated heterocycles. The molecule has 0 aliphatic carbocycles. The molecule has 4 aromatic rings. The molecule has 1 N–H and O–H groups in total. The molecule has 0 bridgehead atoms. The first-order chi connectivity index (χ1) is 12.6. The second-order valence-electron chi connectivity index (χ2n) is 5.65. The van der Waals surface area contributed by atoms with Crippen LogP contribution in [0.5, 0.6) is 0 Å². The van der Waals surface area contributed by atoms with E-state index in [0.717, 1.165) is 11.2 Å². The van der Waals surface area contributed by atoms with Crippen molar-refractivity contribution in [2.75, 3.05) is 5.32 Å². The van der Waals surface area contributed by atoms with Gasteiger partial charge in [0, 0.05) is 24.7 Å². The number of nitrogens with one attached hydrogen (secondary N) is 1. The van der Waals surface area contributed by atoms with Crippen LogP contribution in [0.1, 0.15) is 15.9 Å². The summed E-state index contributed by atoms with van der Waals surface area (Å²) in [5.74, 6) is 0.330. The fourth-order valence-electron chi connectivity index (χ4n) is 2.64. The topological polar surface area (TPSA) is 64.2 Å². The van der Waals surface area contributed by atoms with E-state index in [1.165, 1.54) is 0 Å². The molecular formula is C18H13Cl2N5O. The number of pyridine rings is 1. The van der Waals surface area contributed by atoms with E-state index >= 15 is 0 Å². The van der Waals surface area contributed by atoms with Crippen molar-refractivity contribution < 1.29 is 4.79 Å². The van der Waals surface area contributed by atoms with E-state index in [1.54, 1.807) is 58.1 Å². The lowest BCUT2D eigenvalue weighted by atomic mass is 10.2. The van der Waals surface area contributed by atoms with E-state index in [-0.39, 0.29) is 5.91 Å². The van der Waals surface area contributed by atoms with Gasteiger partial charge < -0.3 is 9.72 Å².